The molecule has 0 atom stereocenters. The fourth-order valence-corrected chi connectivity index (χ4v) is 2.69. The molecule has 0 heterocycles. The van der Waals surface area contributed by atoms with Crippen molar-refractivity contribution in [2.75, 3.05) is 18.8 Å². The second kappa shape index (κ2) is 7.44. The molecule has 1 aromatic rings. The van der Waals surface area contributed by atoms with Crippen LogP contribution < -0.4 is 0 Å². The van der Waals surface area contributed by atoms with Gasteiger partial charge in [0.1, 0.15) is 0 Å². The fraction of sp³-hybridized carbons (Fsp3) is 0.500. The number of amides is 1. The number of carbonyl (C=O) groups excluding carboxylic acids is 1. The highest BCUT2D eigenvalue weighted by Gasteiger charge is 2.10. The van der Waals surface area contributed by atoms with Crippen LogP contribution in [0.1, 0.15) is 25.0 Å². The van der Waals surface area contributed by atoms with Gasteiger partial charge in [-0.15, -0.1) is 11.8 Å². The van der Waals surface area contributed by atoms with E-state index in [1.165, 1.54) is 0 Å². The summed E-state index contributed by atoms with van der Waals surface area (Å²) in [5.41, 5.74) is 2.02. The summed E-state index contributed by atoms with van der Waals surface area (Å²) in [7, 11) is 0. The minimum Gasteiger partial charge on any atom is -0.392 e. The van der Waals surface area contributed by atoms with Crippen LogP contribution in [0.25, 0.3) is 0 Å². The van der Waals surface area contributed by atoms with E-state index in [1.54, 1.807) is 11.8 Å². The molecule has 0 unspecified atom stereocenters. The Hall–Kier alpha value is -1.00. The van der Waals surface area contributed by atoms with Crippen LogP contribution in [0.2, 0.25) is 0 Å². The van der Waals surface area contributed by atoms with Crippen LogP contribution in [0.3, 0.4) is 0 Å². The summed E-state index contributed by atoms with van der Waals surface area (Å²) in [6.45, 7) is 7.57. The van der Waals surface area contributed by atoms with Gasteiger partial charge in [-0.2, -0.15) is 0 Å². The third kappa shape index (κ3) is 4.03. The van der Waals surface area contributed by atoms with Gasteiger partial charge in [0, 0.05) is 18.0 Å². The van der Waals surface area contributed by atoms with Gasteiger partial charge in [0.2, 0.25) is 5.91 Å². The molecule has 0 saturated carbocycles. The smallest absolute Gasteiger partial charge is 0.232 e. The van der Waals surface area contributed by atoms with E-state index in [0.717, 1.165) is 29.1 Å². The van der Waals surface area contributed by atoms with Gasteiger partial charge in [-0.3, -0.25) is 4.79 Å². The average Bonchev–Trinajstić information content (AvgIpc) is 2.38. The van der Waals surface area contributed by atoms with Gasteiger partial charge in [-0.25, -0.2) is 0 Å². The largest absolute Gasteiger partial charge is 0.392 e. The van der Waals surface area contributed by atoms with E-state index in [2.05, 4.69) is 0 Å². The second-order valence-corrected chi connectivity index (χ2v) is 5.13. The number of rotatable bonds is 6. The van der Waals surface area contributed by atoms with Crippen molar-refractivity contribution in [3.63, 3.8) is 0 Å². The molecule has 0 radical (unpaired) electrons. The van der Waals surface area contributed by atoms with Crippen molar-refractivity contribution < 1.29 is 9.90 Å². The van der Waals surface area contributed by atoms with Gasteiger partial charge in [-0.05, 0) is 38.0 Å². The highest BCUT2D eigenvalue weighted by molar-refractivity contribution is 8.00. The molecule has 0 aliphatic rings. The van der Waals surface area contributed by atoms with Gasteiger partial charge in [0.05, 0.1) is 12.4 Å². The van der Waals surface area contributed by atoms with Gasteiger partial charge in [0.15, 0.2) is 0 Å². The number of aliphatic hydroxyl groups is 1. The molecule has 0 fully saturated rings. The SMILES string of the molecule is CCN(CC)C(=O)CSc1ccc(CO)cc1C. The number of hydrogen-bond donors (Lipinski definition) is 1. The third-order valence-corrected chi connectivity index (χ3v) is 4.05. The van der Waals surface area contributed by atoms with E-state index < -0.39 is 0 Å². The lowest BCUT2D eigenvalue weighted by atomic mass is 10.1. The molecule has 1 N–H and O–H groups in total. The molecule has 1 rings (SSSR count). The van der Waals surface area contributed by atoms with Gasteiger partial charge < -0.3 is 10.0 Å². The van der Waals surface area contributed by atoms with E-state index in [1.807, 2.05) is 43.9 Å². The van der Waals surface area contributed by atoms with E-state index in [-0.39, 0.29) is 12.5 Å². The van der Waals surface area contributed by atoms with Crippen molar-refractivity contribution in [3.05, 3.63) is 29.3 Å². The number of hydrogen-bond acceptors (Lipinski definition) is 3. The standard InChI is InChI=1S/C14H21NO2S/c1-4-15(5-2)14(17)10-18-13-7-6-12(9-16)8-11(13)3/h6-8,16H,4-5,9-10H2,1-3H3. The number of benzene rings is 1. The molecular weight excluding hydrogens is 246 g/mol. The topological polar surface area (TPSA) is 40.5 Å². The van der Waals surface area contributed by atoms with E-state index in [0.29, 0.717) is 5.75 Å². The summed E-state index contributed by atoms with van der Waals surface area (Å²) in [4.78, 5) is 14.8. The third-order valence-electron chi connectivity index (χ3n) is 2.89. The number of nitrogens with zero attached hydrogens (tertiary/aromatic N) is 1. The van der Waals surface area contributed by atoms with Crippen LogP contribution in [-0.2, 0) is 11.4 Å². The van der Waals surface area contributed by atoms with Crippen molar-refractivity contribution in [1.29, 1.82) is 0 Å². The molecule has 0 spiro atoms. The average molecular weight is 267 g/mol. The van der Waals surface area contributed by atoms with Crippen molar-refractivity contribution in [1.82, 2.24) is 4.90 Å². The maximum absolute atomic E-state index is 11.9. The second-order valence-electron chi connectivity index (χ2n) is 4.11. The van der Waals surface area contributed by atoms with Crippen LogP contribution in [-0.4, -0.2) is 34.8 Å². The lowest BCUT2D eigenvalue weighted by molar-refractivity contribution is -0.127. The Morgan fingerprint density at radius 2 is 2.00 bits per heavy atom. The monoisotopic (exact) mass is 267 g/mol. The Morgan fingerprint density at radius 1 is 1.33 bits per heavy atom. The molecule has 0 aliphatic heterocycles. The summed E-state index contributed by atoms with van der Waals surface area (Å²) >= 11 is 1.56. The van der Waals surface area contributed by atoms with E-state index in [9.17, 15) is 4.79 Å². The van der Waals surface area contributed by atoms with Crippen LogP contribution >= 0.6 is 11.8 Å². The van der Waals surface area contributed by atoms with Crippen LogP contribution in [0.4, 0.5) is 0 Å². The Balaban J connectivity index is 2.61. The van der Waals surface area contributed by atoms with Gasteiger partial charge >= 0.3 is 0 Å². The van der Waals surface area contributed by atoms with Crippen molar-refractivity contribution in [3.8, 4) is 0 Å². The summed E-state index contributed by atoms with van der Waals surface area (Å²) in [6, 6.07) is 5.84. The summed E-state index contributed by atoms with van der Waals surface area (Å²) in [6.07, 6.45) is 0. The predicted octanol–water partition coefficient (Wildman–Crippen LogP) is 2.45. The van der Waals surface area contributed by atoms with Crippen LogP contribution in [0, 0.1) is 6.92 Å². The Morgan fingerprint density at radius 3 is 2.50 bits per heavy atom. The number of carbonyl (C=O) groups is 1. The maximum atomic E-state index is 11.9. The van der Waals surface area contributed by atoms with E-state index >= 15 is 0 Å². The molecular formula is C14H21NO2S. The van der Waals surface area contributed by atoms with Gasteiger partial charge in [0.25, 0.3) is 0 Å². The van der Waals surface area contributed by atoms with Crippen molar-refractivity contribution >= 4 is 17.7 Å². The summed E-state index contributed by atoms with van der Waals surface area (Å²) in [5, 5.41) is 9.04. The molecule has 0 aliphatic carbocycles. The molecule has 0 aromatic heterocycles. The van der Waals surface area contributed by atoms with E-state index in [4.69, 9.17) is 5.11 Å². The first-order valence-electron chi connectivity index (χ1n) is 6.23. The molecule has 18 heavy (non-hydrogen) atoms. The fourth-order valence-electron chi connectivity index (χ4n) is 1.78. The number of thioether (sulfide) groups is 1. The molecule has 3 nitrogen and oxygen atoms in total. The normalized spacial score (nSPS) is 10.4. The predicted molar refractivity (Wildman–Crippen MR) is 75.8 cm³/mol. The lowest BCUT2D eigenvalue weighted by Gasteiger charge is -2.18. The van der Waals surface area contributed by atoms with Crippen LogP contribution in [0.5, 0.6) is 0 Å². The first kappa shape index (κ1) is 15.1. The zero-order valence-electron chi connectivity index (χ0n) is 11.3. The first-order valence-corrected chi connectivity index (χ1v) is 7.21. The molecule has 4 heteroatoms. The quantitative estimate of drug-likeness (QED) is 0.805. The highest BCUT2D eigenvalue weighted by atomic mass is 32.2. The van der Waals surface area contributed by atoms with Gasteiger partial charge in [-0.1, -0.05) is 12.1 Å². The van der Waals surface area contributed by atoms with Crippen molar-refractivity contribution in [2.45, 2.75) is 32.3 Å². The Labute approximate surface area is 113 Å². The first-order chi connectivity index (χ1) is 8.62. The van der Waals surface area contributed by atoms with Crippen molar-refractivity contribution in [2.24, 2.45) is 0 Å². The molecule has 1 amide bonds. The Bertz CT molecular complexity index is 403. The zero-order valence-corrected chi connectivity index (χ0v) is 12.1. The summed E-state index contributed by atoms with van der Waals surface area (Å²) in [5.74, 6) is 0.650. The minimum absolute atomic E-state index is 0.0597. The maximum Gasteiger partial charge on any atom is 0.232 e. The highest BCUT2D eigenvalue weighted by Crippen LogP contribution is 2.23. The number of aliphatic hydroxyl groups excluding tert-OH is 1. The Kier molecular flexibility index (Phi) is 6.22. The molecule has 0 bridgehead atoms. The molecule has 0 saturated heterocycles. The minimum atomic E-state index is 0.0597. The summed E-state index contributed by atoms with van der Waals surface area (Å²) < 4.78 is 0. The van der Waals surface area contributed by atoms with Crippen LogP contribution in [0.15, 0.2) is 23.1 Å². The zero-order chi connectivity index (χ0) is 13.5. The molecule has 100 valence electrons. The lowest BCUT2D eigenvalue weighted by Crippen LogP contribution is -2.31. The molecule has 1 aromatic carbocycles. The number of aryl methyl sites for hydroxylation is 1.